The second-order valence-electron chi connectivity index (χ2n) is 9.22. The molecule has 0 spiro atoms. The zero-order chi connectivity index (χ0) is 21.8. The van der Waals surface area contributed by atoms with Gasteiger partial charge in [0.25, 0.3) is 5.91 Å². The van der Waals surface area contributed by atoms with Gasteiger partial charge in [-0.2, -0.15) is 0 Å². The zero-order valence-electron chi connectivity index (χ0n) is 18.9. The summed E-state index contributed by atoms with van der Waals surface area (Å²) >= 11 is 0. The Kier molecular flexibility index (Phi) is 7.47. The molecule has 0 atom stereocenters. The number of nitrogens with zero attached hydrogens (tertiary/aromatic N) is 3. The third kappa shape index (κ3) is 6.60. The summed E-state index contributed by atoms with van der Waals surface area (Å²) in [5.41, 5.74) is 1.08. The number of carbonyl (C=O) groups excluding carboxylic acids is 2. The van der Waals surface area contributed by atoms with E-state index < -0.39 is 11.6 Å². The van der Waals surface area contributed by atoms with E-state index in [0.29, 0.717) is 24.6 Å². The lowest BCUT2D eigenvalue weighted by atomic mass is 10.1. The van der Waals surface area contributed by atoms with Crippen LogP contribution in [0.1, 0.15) is 45.0 Å². The molecule has 0 unspecified atom stereocenters. The van der Waals surface area contributed by atoms with Crippen LogP contribution in [0.15, 0.2) is 30.5 Å². The summed E-state index contributed by atoms with van der Waals surface area (Å²) in [6.45, 7) is 11.7. The highest BCUT2D eigenvalue weighted by molar-refractivity contribution is 6.07. The summed E-state index contributed by atoms with van der Waals surface area (Å²) in [5.74, 6) is -0.0766. The van der Waals surface area contributed by atoms with Crippen LogP contribution in [0.3, 0.4) is 0 Å². The lowest BCUT2D eigenvalue weighted by Gasteiger charge is -2.26. The third-order valence-electron chi connectivity index (χ3n) is 4.43. The first-order chi connectivity index (χ1) is 13.5. The summed E-state index contributed by atoms with van der Waals surface area (Å²) in [7, 11) is 3.90. The Bertz CT molecular complexity index is 847. The highest BCUT2D eigenvalue weighted by Crippen LogP contribution is 2.24. The number of amides is 1. The fraction of sp³-hybridized carbons (Fsp3) is 0.565. The molecule has 160 valence electrons. The van der Waals surface area contributed by atoms with E-state index in [-0.39, 0.29) is 12.5 Å². The van der Waals surface area contributed by atoms with Crippen molar-refractivity contribution in [1.82, 2.24) is 14.4 Å². The summed E-state index contributed by atoms with van der Waals surface area (Å²) in [6.07, 6.45) is 1.92. The number of fused-ring (bicyclic) bond motifs is 1. The van der Waals surface area contributed by atoms with Crippen LogP contribution in [0, 0.1) is 5.92 Å². The normalized spacial score (nSPS) is 12.0. The van der Waals surface area contributed by atoms with Crippen LogP contribution < -0.4 is 0 Å². The van der Waals surface area contributed by atoms with Crippen molar-refractivity contribution in [3.05, 3.63) is 36.0 Å². The number of likely N-dealkylation sites (N-methyl/N-ethyl adjacent to an activating group) is 1. The molecule has 0 aliphatic heterocycles. The maximum atomic E-state index is 13.5. The van der Waals surface area contributed by atoms with Gasteiger partial charge in [-0.05, 0) is 46.9 Å². The van der Waals surface area contributed by atoms with Gasteiger partial charge in [0, 0.05) is 36.7 Å². The molecule has 0 radical (unpaired) electrons. The highest BCUT2D eigenvalue weighted by Gasteiger charge is 2.25. The maximum absolute atomic E-state index is 13.5. The fourth-order valence-electron chi connectivity index (χ4n) is 3.23. The molecule has 0 fully saturated rings. The highest BCUT2D eigenvalue weighted by atomic mass is 16.6. The second kappa shape index (κ2) is 9.44. The molecular formula is C23H35N3O3. The molecule has 0 aliphatic rings. The Morgan fingerprint density at radius 3 is 2.34 bits per heavy atom. The third-order valence-corrected chi connectivity index (χ3v) is 4.43. The fourth-order valence-corrected chi connectivity index (χ4v) is 3.23. The monoisotopic (exact) mass is 401 g/mol. The molecule has 1 amide bonds. The van der Waals surface area contributed by atoms with E-state index in [9.17, 15) is 9.59 Å². The lowest BCUT2D eigenvalue weighted by Crippen LogP contribution is -2.42. The van der Waals surface area contributed by atoms with Gasteiger partial charge < -0.3 is 19.1 Å². The molecule has 0 N–H and O–H groups in total. The van der Waals surface area contributed by atoms with Crippen molar-refractivity contribution in [2.24, 2.45) is 5.92 Å². The van der Waals surface area contributed by atoms with Gasteiger partial charge >= 0.3 is 5.97 Å². The van der Waals surface area contributed by atoms with Crippen molar-refractivity contribution in [3.8, 4) is 0 Å². The van der Waals surface area contributed by atoms with E-state index in [0.717, 1.165) is 17.4 Å². The smallest absolute Gasteiger partial charge is 0.326 e. The number of carbonyl (C=O) groups is 2. The Labute approximate surface area is 174 Å². The minimum absolute atomic E-state index is 0.0619. The number of rotatable bonds is 8. The number of benzene rings is 1. The Hall–Kier alpha value is -2.34. The van der Waals surface area contributed by atoms with Crippen LogP contribution in [0.4, 0.5) is 0 Å². The molecule has 2 aromatic rings. The molecule has 0 saturated carbocycles. The van der Waals surface area contributed by atoms with Gasteiger partial charge in [0.2, 0.25) is 0 Å². The summed E-state index contributed by atoms with van der Waals surface area (Å²) in [6, 6.07) is 7.93. The van der Waals surface area contributed by atoms with Gasteiger partial charge in [0.05, 0.1) is 5.56 Å². The number of para-hydroxylation sites is 1. The number of esters is 1. The summed E-state index contributed by atoms with van der Waals surface area (Å²) in [4.78, 5) is 29.5. The largest absolute Gasteiger partial charge is 0.459 e. The number of aromatic nitrogens is 1. The number of ether oxygens (including phenoxy) is 1. The predicted octanol–water partition coefficient (Wildman–Crippen LogP) is 3.64. The molecule has 1 aromatic carbocycles. The molecule has 1 aromatic heterocycles. The molecule has 6 heteroatoms. The van der Waals surface area contributed by atoms with Crippen LogP contribution >= 0.6 is 0 Å². The van der Waals surface area contributed by atoms with Crippen molar-refractivity contribution < 1.29 is 14.3 Å². The molecule has 29 heavy (non-hydrogen) atoms. The molecule has 0 bridgehead atoms. The van der Waals surface area contributed by atoms with Gasteiger partial charge in [0.15, 0.2) is 0 Å². The van der Waals surface area contributed by atoms with Gasteiger partial charge in [-0.25, -0.2) is 0 Å². The summed E-state index contributed by atoms with van der Waals surface area (Å²) < 4.78 is 7.58. The molecule has 1 heterocycles. The maximum Gasteiger partial charge on any atom is 0.326 e. The average molecular weight is 402 g/mol. The van der Waals surface area contributed by atoms with Crippen LogP contribution in [-0.4, -0.2) is 65.6 Å². The van der Waals surface area contributed by atoms with Crippen LogP contribution in [0.2, 0.25) is 0 Å². The molecule has 0 aliphatic carbocycles. The number of hydrogen-bond donors (Lipinski definition) is 0. The van der Waals surface area contributed by atoms with E-state index >= 15 is 0 Å². The van der Waals surface area contributed by atoms with Gasteiger partial charge in [0.1, 0.15) is 12.1 Å². The average Bonchev–Trinajstić information content (AvgIpc) is 2.94. The van der Waals surface area contributed by atoms with Gasteiger partial charge in [-0.15, -0.1) is 0 Å². The zero-order valence-corrected chi connectivity index (χ0v) is 18.9. The summed E-state index contributed by atoms with van der Waals surface area (Å²) in [5, 5.41) is 0.914. The standard InChI is InChI=1S/C23H35N3O3/c1-17(2)14-26-15-19(18-10-8-9-11-20(18)26)22(28)25(13-12-24(6)7)16-21(27)29-23(3,4)5/h8-11,15,17H,12-14,16H2,1-7H3. The second-order valence-corrected chi connectivity index (χ2v) is 9.22. The van der Waals surface area contributed by atoms with Crippen molar-refractivity contribution >= 4 is 22.8 Å². The van der Waals surface area contributed by atoms with E-state index in [1.807, 2.05) is 70.2 Å². The Balaban J connectivity index is 2.35. The van der Waals surface area contributed by atoms with Crippen LogP contribution in [0.25, 0.3) is 10.9 Å². The minimum Gasteiger partial charge on any atom is -0.459 e. The Morgan fingerprint density at radius 2 is 1.76 bits per heavy atom. The lowest BCUT2D eigenvalue weighted by molar-refractivity contribution is -0.155. The first-order valence-corrected chi connectivity index (χ1v) is 10.2. The first kappa shape index (κ1) is 22.9. The Morgan fingerprint density at radius 1 is 1.10 bits per heavy atom. The van der Waals surface area contributed by atoms with Crippen LogP contribution in [0.5, 0.6) is 0 Å². The SMILES string of the molecule is CC(C)Cn1cc(C(=O)N(CCN(C)C)CC(=O)OC(C)(C)C)c2ccccc21. The van der Waals surface area contributed by atoms with Crippen molar-refractivity contribution in [1.29, 1.82) is 0 Å². The number of hydrogen-bond acceptors (Lipinski definition) is 4. The molecule has 0 saturated heterocycles. The van der Waals surface area contributed by atoms with E-state index in [2.05, 4.69) is 18.4 Å². The van der Waals surface area contributed by atoms with Gasteiger partial charge in [-0.1, -0.05) is 32.0 Å². The van der Waals surface area contributed by atoms with Crippen LogP contribution in [-0.2, 0) is 16.1 Å². The van der Waals surface area contributed by atoms with Crippen molar-refractivity contribution in [3.63, 3.8) is 0 Å². The van der Waals surface area contributed by atoms with E-state index in [1.54, 1.807) is 4.90 Å². The topological polar surface area (TPSA) is 54.8 Å². The van der Waals surface area contributed by atoms with Crippen molar-refractivity contribution in [2.75, 3.05) is 33.7 Å². The predicted molar refractivity (Wildman–Crippen MR) is 117 cm³/mol. The van der Waals surface area contributed by atoms with Crippen molar-refractivity contribution in [2.45, 2.75) is 46.8 Å². The van der Waals surface area contributed by atoms with E-state index in [4.69, 9.17) is 4.74 Å². The minimum atomic E-state index is -0.583. The quantitative estimate of drug-likeness (QED) is 0.634. The molecular weight excluding hydrogens is 366 g/mol. The van der Waals surface area contributed by atoms with Gasteiger partial charge in [-0.3, -0.25) is 9.59 Å². The first-order valence-electron chi connectivity index (χ1n) is 10.2. The molecule has 2 rings (SSSR count). The molecule has 6 nitrogen and oxygen atoms in total. The van der Waals surface area contributed by atoms with E-state index in [1.165, 1.54) is 0 Å².